The molecule has 3 heterocycles. The predicted molar refractivity (Wildman–Crippen MR) is 139 cm³/mol. The van der Waals surface area contributed by atoms with E-state index < -0.39 is 6.23 Å². The largest absolute Gasteiger partial charge is 0.397 e. The average Bonchev–Trinajstić information content (AvgIpc) is 3.39. The van der Waals surface area contributed by atoms with Crippen molar-refractivity contribution < 1.29 is 9.90 Å². The van der Waals surface area contributed by atoms with Gasteiger partial charge in [0.2, 0.25) is 0 Å². The van der Waals surface area contributed by atoms with Crippen molar-refractivity contribution in [3.8, 4) is 0 Å². The zero-order valence-corrected chi connectivity index (χ0v) is 20.7. The molecule has 2 fully saturated rings. The van der Waals surface area contributed by atoms with Crippen LogP contribution in [0.25, 0.3) is 10.8 Å². The molecule has 1 amide bonds. The van der Waals surface area contributed by atoms with Gasteiger partial charge in [-0.3, -0.25) is 14.7 Å². The van der Waals surface area contributed by atoms with Gasteiger partial charge in [-0.25, -0.2) is 0 Å². The smallest absolute Gasteiger partial charge is 0.256 e. The van der Waals surface area contributed by atoms with E-state index in [2.05, 4.69) is 31.1 Å². The topological polar surface area (TPSA) is 94.7 Å². The second-order valence-electron chi connectivity index (χ2n) is 9.22. The predicted octanol–water partition coefficient (Wildman–Crippen LogP) is 4.38. The number of anilines is 2. The first-order valence-electron chi connectivity index (χ1n) is 11.9. The van der Waals surface area contributed by atoms with Gasteiger partial charge < -0.3 is 21.1 Å². The van der Waals surface area contributed by atoms with Gasteiger partial charge >= 0.3 is 0 Å². The van der Waals surface area contributed by atoms with Crippen molar-refractivity contribution in [2.45, 2.75) is 38.0 Å². The van der Waals surface area contributed by atoms with Crippen LogP contribution in [-0.2, 0) is 0 Å². The zero-order valence-electron chi connectivity index (χ0n) is 19.1. The van der Waals surface area contributed by atoms with Crippen LogP contribution in [0.1, 0.15) is 47.8 Å². The summed E-state index contributed by atoms with van der Waals surface area (Å²) in [5.41, 5.74) is 9.04. The third-order valence-electron chi connectivity index (χ3n) is 6.88. The fourth-order valence-corrected chi connectivity index (χ4v) is 5.62. The Labute approximate surface area is 208 Å². The number of piperidine rings is 1. The molecule has 8 heteroatoms. The van der Waals surface area contributed by atoms with E-state index in [1.165, 1.54) is 0 Å². The Morgan fingerprint density at radius 1 is 1.15 bits per heavy atom. The number of nitrogens with one attached hydrogen (secondary N) is 1. The molecule has 1 aromatic heterocycles. The van der Waals surface area contributed by atoms with Crippen LogP contribution in [-0.4, -0.2) is 58.0 Å². The number of benzene rings is 2. The van der Waals surface area contributed by atoms with Crippen LogP contribution in [0.5, 0.6) is 0 Å². The summed E-state index contributed by atoms with van der Waals surface area (Å²) in [6.45, 7) is 3.00. The van der Waals surface area contributed by atoms with E-state index in [1.807, 2.05) is 47.5 Å². The van der Waals surface area contributed by atoms with Gasteiger partial charge in [0.25, 0.3) is 5.91 Å². The number of amides is 1. The lowest BCUT2D eigenvalue weighted by Gasteiger charge is -2.37. The molecule has 0 spiro atoms. The molecular formula is C26H30BrN5O2. The summed E-state index contributed by atoms with van der Waals surface area (Å²) >= 11 is 3.50. The highest BCUT2D eigenvalue weighted by atomic mass is 79.9. The van der Waals surface area contributed by atoms with E-state index in [0.717, 1.165) is 66.1 Å². The molecule has 34 heavy (non-hydrogen) atoms. The molecule has 5 rings (SSSR count). The maximum Gasteiger partial charge on any atom is 0.256 e. The molecule has 2 saturated heterocycles. The normalized spacial score (nSPS) is 19.9. The molecule has 2 atom stereocenters. The Hall–Kier alpha value is -2.68. The third kappa shape index (κ3) is 4.62. The van der Waals surface area contributed by atoms with Crippen molar-refractivity contribution in [2.24, 2.45) is 0 Å². The van der Waals surface area contributed by atoms with Crippen LogP contribution in [0.2, 0.25) is 0 Å². The first-order chi connectivity index (χ1) is 16.5. The Kier molecular flexibility index (Phi) is 6.72. The van der Waals surface area contributed by atoms with Crippen molar-refractivity contribution in [1.29, 1.82) is 0 Å². The van der Waals surface area contributed by atoms with Crippen LogP contribution in [0, 0.1) is 0 Å². The van der Waals surface area contributed by atoms with Gasteiger partial charge in [-0.1, -0.05) is 40.2 Å². The molecule has 2 aromatic carbocycles. The van der Waals surface area contributed by atoms with E-state index in [4.69, 9.17) is 5.73 Å². The number of aliphatic hydroxyl groups excluding tert-OH is 1. The Balaban J connectivity index is 1.37. The number of carbonyl (C=O) groups excluding carboxylic acids is 1. The lowest BCUT2D eigenvalue weighted by molar-refractivity contribution is -0.0118. The lowest BCUT2D eigenvalue weighted by Crippen LogP contribution is -2.44. The van der Waals surface area contributed by atoms with Gasteiger partial charge in [0.1, 0.15) is 6.23 Å². The molecular weight excluding hydrogens is 494 g/mol. The first-order valence-corrected chi connectivity index (χ1v) is 12.7. The van der Waals surface area contributed by atoms with Crippen LogP contribution >= 0.6 is 15.9 Å². The minimum Gasteiger partial charge on any atom is -0.397 e. The number of nitrogen functional groups attached to an aromatic ring is 1. The maximum absolute atomic E-state index is 13.2. The SMILES string of the molecule is Nc1cc(Br)cc(C(=O)N2CCCC2)c1N[C@@H]1CCCN(C(O)c2cncc3ccccc23)C1. The molecule has 2 aliphatic heterocycles. The number of hydrogen-bond acceptors (Lipinski definition) is 6. The Morgan fingerprint density at radius 2 is 1.94 bits per heavy atom. The summed E-state index contributed by atoms with van der Waals surface area (Å²) < 4.78 is 0.794. The van der Waals surface area contributed by atoms with Gasteiger partial charge in [-0.05, 0) is 43.2 Å². The van der Waals surface area contributed by atoms with E-state index >= 15 is 0 Å². The Morgan fingerprint density at radius 3 is 2.76 bits per heavy atom. The molecule has 0 bridgehead atoms. The molecule has 0 aliphatic carbocycles. The van der Waals surface area contributed by atoms with Crippen LogP contribution in [0.15, 0.2) is 53.3 Å². The maximum atomic E-state index is 13.2. The quantitative estimate of drug-likeness (QED) is 0.429. The molecule has 0 radical (unpaired) electrons. The number of aliphatic hydroxyl groups is 1. The fourth-order valence-electron chi connectivity index (χ4n) is 5.14. The Bertz CT molecular complexity index is 1190. The number of aromatic nitrogens is 1. The monoisotopic (exact) mass is 523 g/mol. The zero-order chi connectivity index (χ0) is 23.7. The molecule has 7 nitrogen and oxygen atoms in total. The molecule has 4 N–H and O–H groups in total. The van der Waals surface area contributed by atoms with Gasteiger partial charge in [-0.15, -0.1) is 0 Å². The van der Waals surface area contributed by atoms with Crippen molar-refractivity contribution in [3.63, 3.8) is 0 Å². The summed E-state index contributed by atoms with van der Waals surface area (Å²) in [4.78, 5) is 21.6. The second-order valence-corrected chi connectivity index (χ2v) is 10.1. The number of fused-ring (bicyclic) bond motifs is 1. The second kappa shape index (κ2) is 9.90. The van der Waals surface area contributed by atoms with Crippen LogP contribution < -0.4 is 11.1 Å². The third-order valence-corrected chi connectivity index (χ3v) is 7.34. The van der Waals surface area contributed by atoms with Gasteiger partial charge in [0.05, 0.1) is 16.9 Å². The minimum atomic E-state index is -0.754. The summed E-state index contributed by atoms with van der Waals surface area (Å²) in [5.74, 6) is 0.0162. The van der Waals surface area contributed by atoms with E-state index in [-0.39, 0.29) is 11.9 Å². The number of halogens is 1. The highest BCUT2D eigenvalue weighted by Gasteiger charge is 2.29. The molecule has 3 aromatic rings. The van der Waals surface area contributed by atoms with Crippen molar-refractivity contribution in [3.05, 3.63) is 64.4 Å². The molecule has 0 saturated carbocycles. The highest BCUT2D eigenvalue weighted by molar-refractivity contribution is 9.10. The standard InChI is InChI=1S/C26H30BrN5O2/c27-18-12-21(25(33)31-9-3-4-10-31)24(23(28)13-18)30-19-7-5-11-32(16-19)26(34)22-15-29-14-17-6-1-2-8-20(17)22/h1-2,6,8,12-15,19,26,30,34H,3-5,7,9-11,16,28H2/t19-,26?/m1/s1. The van der Waals surface area contributed by atoms with Gasteiger partial charge in [-0.2, -0.15) is 0 Å². The lowest BCUT2D eigenvalue weighted by atomic mass is 10.0. The molecule has 1 unspecified atom stereocenters. The number of nitrogens with zero attached hydrogens (tertiary/aromatic N) is 3. The number of rotatable bonds is 5. The van der Waals surface area contributed by atoms with E-state index in [1.54, 1.807) is 6.20 Å². The van der Waals surface area contributed by atoms with Crippen LogP contribution in [0.3, 0.4) is 0 Å². The molecule has 2 aliphatic rings. The van der Waals surface area contributed by atoms with Crippen molar-refractivity contribution in [2.75, 3.05) is 37.2 Å². The summed E-state index contributed by atoms with van der Waals surface area (Å²) in [7, 11) is 0. The van der Waals surface area contributed by atoms with Crippen molar-refractivity contribution >= 4 is 44.0 Å². The summed E-state index contributed by atoms with van der Waals surface area (Å²) in [5, 5.41) is 16.9. The average molecular weight is 524 g/mol. The van der Waals surface area contributed by atoms with E-state index in [0.29, 0.717) is 23.5 Å². The van der Waals surface area contributed by atoms with E-state index in [9.17, 15) is 9.90 Å². The molecule has 178 valence electrons. The van der Waals surface area contributed by atoms with Crippen LogP contribution in [0.4, 0.5) is 11.4 Å². The van der Waals surface area contributed by atoms with Crippen molar-refractivity contribution in [1.82, 2.24) is 14.8 Å². The number of likely N-dealkylation sites (tertiary alicyclic amines) is 2. The van der Waals surface area contributed by atoms with Gasteiger partial charge in [0.15, 0.2) is 0 Å². The minimum absolute atomic E-state index is 0.0162. The summed E-state index contributed by atoms with van der Waals surface area (Å²) in [6.07, 6.45) is 6.76. The summed E-state index contributed by atoms with van der Waals surface area (Å²) in [6, 6.07) is 11.7. The number of pyridine rings is 1. The number of carbonyl (C=O) groups is 1. The fraction of sp³-hybridized carbons (Fsp3) is 0.385. The number of nitrogens with two attached hydrogens (primary N) is 1. The van der Waals surface area contributed by atoms with Gasteiger partial charge in [0, 0.05) is 60.0 Å². The first kappa shape index (κ1) is 23.1. The highest BCUT2D eigenvalue weighted by Crippen LogP contribution is 2.33. The number of hydrogen-bond donors (Lipinski definition) is 3.